The summed E-state index contributed by atoms with van der Waals surface area (Å²) >= 11 is 0. The number of carbonyl (C=O) groups excluding carboxylic acids is 2. The van der Waals surface area contributed by atoms with Crippen molar-refractivity contribution in [3.63, 3.8) is 0 Å². The molecule has 3 amide bonds. The molecule has 1 aliphatic carbocycles. The Labute approximate surface area is 155 Å². The van der Waals surface area contributed by atoms with Crippen molar-refractivity contribution in [1.82, 2.24) is 15.1 Å². The first-order valence-corrected chi connectivity index (χ1v) is 9.36. The fourth-order valence-corrected chi connectivity index (χ4v) is 3.80. The third-order valence-electron chi connectivity index (χ3n) is 5.63. The third kappa shape index (κ3) is 3.64. The lowest BCUT2D eigenvalue weighted by atomic mass is 9.92. The number of urea groups is 1. The van der Waals surface area contributed by atoms with Gasteiger partial charge in [0.05, 0.1) is 12.5 Å². The number of hydrogen-bond acceptors (Lipinski definition) is 3. The molecule has 2 aliphatic rings. The summed E-state index contributed by atoms with van der Waals surface area (Å²) in [5, 5.41) is 3.16. The number of piperidine rings is 1. The van der Waals surface area contributed by atoms with E-state index in [1.165, 1.54) is 0 Å². The molecule has 0 spiro atoms. The highest BCUT2D eigenvalue weighted by Crippen LogP contribution is 2.51. The maximum atomic E-state index is 12.9. The van der Waals surface area contributed by atoms with E-state index in [1.807, 2.05) is 29.2 Å². The largest absolute Gasteiger partial charge is 0.496 e. The molecule has 0 aromatic heterocycles. The molecule has 0 unspecified atom stereocenters. The molecule has 142 valence electrons. The van der Waals surface area contributed by atoms with Crippen LogP contribution in [-0.4, -0.2) is 62.6 Å². The first-order valence-electron chi connectivity index (χ1n) is 9.36. The Morgan fingerprint density at radius 3 is 2.46 bits per heavy atom. The number of rotatable bonds is 5. The van der Waals surface area contributed by atoms with Gasteiger partial charge in [-0.2, -0.15) is 0 Å². The highest BCUT2D eigenvalue weighted by molar-refractivity contribution is 5.92. The smallest absolute Gasteiger partial charge is 0.319 e. The van der Waals surface area contributed by atoms with E-state index in [2.05, 4.69) is 5.32 Å². The minimum atomic E-state index is -0.422. The summed E-state index contributed by atoms with van der Waals surface area (Å²) in [6.45, 7) is 2.20. The molecule has 1 aromatic carbocycles. The van der Waals surface area contributed by atoms with E-state index in [1.54, 1.807) is 26.1 Å². The van der Waals surface area contributed by atoms with Gasteiger partial charge in [0, 0.05) is 39.3 Å². The fourth-order valence-electron chi connectivity index (χ4n) is 3.80. The van der Waals surface area contributed by atoms with Gasteiger partial charge in [0.25, 0.3) is 0 Å². The summed E-state index contributed by atoms with van der Waals surface area (Å²) in [5.41, 5.74) is 0.570. The van der Waals surface area contributed by atoms with Crippen molar-refractivity contribution in [2.24, 2.45) is 5.92 Å². The Bertz CT molecular complexity index is 662. The summed E-state index contributed by atoms with van der Waals surface area (Å²) in [4.78, 5) is 28.4. The molecule has 1 saturated carbocycles. The first kappa shape index (κ1) is 18.5. The number of nitrogens with zero attached hydrogens (tertiary/aromatic N) is 2. The predicted molar refractivity (Wildman–Crippen MR) is 100 cm³/mol. The maximum Gasteiger partial charge on any atom is 0.319 e. The van der Waals surface area contributed by atoms with Crippen molar-refractivity contribution in [3.05, 3.63) is 29.8 Å². The maximum absolute atomic E-state index is 12.9. The normalized spacial score (nSPS) is 19.0. The van der Waals surface area contributed by atoms with Crippen LogP contribution in [0.25, 0.3) is 0 Å². The number of likely N-dealkylation sites (tertiary alicyclic amines) is 1. The fraction of sp³-hybridized carbons (Fsp3) is 0.600. The molecule has 1 saturated heterocycles. The van der Waals surface area contributed by atoms with Crippen molar-refractivity contribution in [1.29, 1.82) is 0 Å². The van der Waals surface area contributed by atoms with E-state index in [0.717, 1.165) is 50.1 Å². The number of para-hydroxylation sites is 1. The third-order valence-corrected chi connectivity index (χ3v) is 5.63. The molecule has 6 heteroatoms. The SMILES string of the molecule is COc1ccccc1C1(C(=O)NCC2CCN(C(=O)N(C)C)CC2)CC1. The Hall–Kier alpha value is -2.24. The minimum absolute atomic E-state index is 0.0700. The molecule has 6 nitrogen and oxygen atoms in total. The van der Waals surface area contributed by atoms with Gasteiger partial charge in [-0.15, -0.1) is 0 Å². The van der Waals surface area contributed by atoms with Gasteiger partial charge in [0.1, 0.15) is 5.75 Å². The van der Waals surface area contributed by atoms with Crippen molar-refractivity contribution in [2.75, 3.05) is 40.8 Å². The van der Waals surface area contributed by atoms with E-state index in [9.17, 15) is 9.59 Å². The van der Waals surface area contributed by atoms with Crippen LogP contribution in [-0.2, 0) is 10.2 Å². The Balaban J connectivity index is 1.53. The van der Waals surface area contributed by atoms with Gasteiger partial charge >= 0.3 is 6.03 Å². The van der Waals surface area contributed by atoms with Gasteiger partial charge in [0.2, 0.25) is 5.91 Å². The van der Waals surface area contributed by atoms with Gasteiger partial charge in [-0.3, -0.25) is 4.79 Å². The van der Waals surface area contributed by atoms with E-state index in [4.69, 9.17) is 4.74 Å². The Kier molecular flexibility index (Phi) is 5.39. The van der Waals surface area contributed by atoms with Crippen molar-refractivity contribution in [3.8, 4) is 5.75 Å². The highest BCUT2D eigenvalue weighted by atomic mass is 16.5. The van der Waals surface area contributed by atoms with Crippen LogP contribution in [0.3, 0.4) is 0 Å². The molecule has 1 aromatic rings. The summed E-state index contributed by atoms with van der Waals surface area (Å²) in [6, 6.07) is 7.87. The van der Waals surface area contributed by atoms with Gasteiger partial charge in [-0.05, 0) is 37.7 Å². The minimum Gasteiger partial charge on any atom is -0.496 e. The molecule has 0 bridgehead atoms. The number of methoxy groups -OCH3 is 1. The summed E-state index contributed by atoms with van der Waals surface area (Å²) in [7, 11) is 5.21. The van der Waals surface area contributed by atoms with Crippen molar-refractivity contribution < 1.29 is 14.3 Å². The molecule has 26 heavy (non-hydrogen) atoms. The summed E-state index contributed by atoms with van der Waals surface area (Å²) < 4.78 is 5.45. The molecular weight excluding hydrogens is 330 g/mol. The molecule has 0 radical (unpaired) electrons. The molecule has 2 fully saturated rings. The molecule has 3 rings (SSSR count). The zero-order valence-electron chi connectivity index (χ0n) is 16.0. The summed E-state index contributed by atoms with van der Waals surface area (Å²) in [6.07, 6.45) is 3.60. The number of nitrogens with one attached hydrogen (secondary N) is 1. The van der Waals surface area contributed by atoms with Gasteiger partial charge in [-0.1, -0.05) is 18.2 Å². The van der Waals surface area contributed by atoms with Crippen molar-refractivity contribution >= 4 is 11.9 Å². The average molecular weight is 359 g/mol. The first-order chi connectivity index (χ1) is 12.5. The number of benzene rings is 1. The zero-order valence-corrected chi connectivity index (χ0v) is 16.0. The molecular formula is C20H29N3O3. The standard InChI is InChI=1S/C20H29N3O3/c1-22(2)19(25)23-12-8-15(9-13-23)14-21-18(24)20(10-11-20)16-6-4-5-7-17(16)26-3/h4-7,15H,8-14H2,1-3H3,(H,21,24). The molecule has 1 aliphatic heterocycles. The second-order valence-electron chi connectivity index (χ2n) is 7.60. The molecule has 1 heterocycles. The van der Waals surface area contributed by atoms with E-state index < -0.39 is 5.41 Å². The quantitative estimate of drug-likeness (QED) is 0.877. The Morgan fingerprint density at radius 2 is 1.88 bits per heavy atom. The Morgan fingerprint density at radius 1 is 1.23 bits per heavy atom. The molecule has 1 N–H and O–H groups in total. The lowest BCUT2D eigenvalue weighted by Crippen LogP contribution is -2.46. The van der Waals surface area contributed by atoms with Crippen LogP contribution in [0.4, 0.5) is 4.79 Å². The number of ether oxygens (including phenoxy) is 1. The van der Waals surface area contributed by atoms with Crippen LogP contribution in [0.5, 0.6) is 5.75 Å². The lowest BCUT2D eigenvalue weighted by Gasteiger charge is -2.33. The number of hydrogen-bond donors (Lipinski definition) is 1. The van der Waals surface area contributed by atoms with Crippen LogP contribution < -0.4 is 10.1 Å². The topological polar surface area (TPSA) is 61.9 Å². The highest BCUT2D eigenvalue weighted by Gasteiger charge is 2.52. The van der Waals surface area contributed by atoms with Crippen LogP contribution in [0.1, 0.15) is 31.2 Å². The summed E-state index contributed by atoms with van der Waals surface area (Å²) in [5.74, 6) is 1.32. The lowest BCUT2D eigenvalue weighted by molar-refractivity contribution is -0.123. The van der Waals surface area contributed by atoms with Crippen LogP contribution in [0.15, 0.2) is 24.3 Å². The monoisotopic (exact) mass is 359 g/mol. The van der Waals surface area contributed by atoms with Gasteiger partial charge < -0.3 is 19.9 Å². The molecule has 0 atom stereocenters. The zero-order chi connectivity index (χ0) is 18.7. The average Bonchev–Trinajstić information content (AvgIpc) is 3.47. The number of carbonyl (C=O) groups is 2. The number of amides is 3. The van der Waals surface area contributed by atoms with E-state index in [0.29, 0.717) is 12.5 Å². The van der Waals surface area contributed by atoms with Crippen molar-refractivity contribution in [2.45, 2.75) is 31.1 Å². The van der Waals surface area contributed by atoms with E-state index in [-0.39, 0.29) is 11.9 Å². The van der Waals surface area contributed by atoms with Gasteiger partial charge in [-0.25, -0.2) is 4.79 Å². The van der Waals surface area contributed by atoms with Crippen LogP contribution >= 0.6 is 0 Å². The van der Waals surface area contributed by atoms with Crippen LogP contribution in [0, 0.1) is 5.92 Å². The van der Waals surface area contributed by atoms with Crippen LogP contribution in [0.2, 0.25) is 0 Å². The predicted octanol–water partition coefficient (Wildman–Crippen LogP) is 2.24. The second kappa shape index (κ2) is 7.56. The second-order valence-corrected chi connectivity index (χ2v) is 7.60. The van der Waals surface area contributed by atoms with E-state index >= 15 is 0 Å². The van der Waals surface area contributed by atoms with Gasteiger partial charge in [0.15, 0.2) is 0 Å².